The molecule has 0 saturated carbocycles. The molecule has 1 unspecified atom stereocenters. The number of aryl methyl sites for hydroxylation is 1. The van der Waals surface area contributed by atoms with Gasteiger partial charge in [0.15, 0.2) is 0 Å². The summed E-state index contributed by atoms with van der Waals surface area (Å²) < 4.78 is 12.0. The van der Waals surface area contributed by atoms with Gasteiger partial charge >= 0.3 is 0 Å². The van der Waals surface area contributed by atoms with Crippen molar-refractivity contribution in [2.24, 2.45) is 0 Å². The van der Waals surface area contributed by atoms with E-state index in [4.69, 9.17) is 9.47 Å². The number of ether oxygens (including phenoxy) is 2. The van der Waals surface area contributed by atoms with Crippen molar-refractivity contribution in [3.8, 4) is 17.2 Å². The lowest BCUT2D eigenvalue weighted by atomic mass is 9.72. The van der Waals surface area contributed by atoms with Crippen LogP contribution in [0.3, 0.4) is 0 Å². The molecule has 0 fully saturated rings. The fourth-order valence-electron chi connectivity index (χ4n) is 9.49. The molecule has 2 aliphatic heterocycles. The minimum absolute atomic E-state index is 0.0194. The van der Waals surface area contributed by atoms with Crippen molar-refractivity contribution in [3.63, 3.8) is 0 Å². The molecule has 53 heavy (non-hydrogen) atoms. The van der Waals surface area contributed by atoms with E-state index in [1.165, 1.54) is 28.3 Å². The Hall–Kier alpha value is -6.02. The minimum Gasteiger partial charge on any atom is -0.497 e. The van der Waals surface area contributed by atoms with Gasteiger partial charge < -0.3 is 9.47 Å². The number of nitrogens with zero attached hydrogens (tertiary/aromatic N) is 2. The zero-order chi connectivity index (χ0) is 37.2. The quantitative estimate of drug-likeness (QED) is 0.170. The highest BCUT2D eigenvalue weighted by molar-refractivity contribution is 6.36. The van der Waals surface area contributed by atoms with Crippen molar-refractivity contribution in [1.29, 1.82) is 0 Å². The summed E-state index contributed by atoms with van der Waals surface area (Å²) in [4.78, 5) is 56.2. The first-order valence-corrected chi connectivity index (χ1v) is 17.9. The molecule has 4 amide bonds. The van der Waals surface area contributed by atoms with Gasteiger partial charge in [0.2, 0.25) is 0 Å². The average Bonchev–Trinajstić information content (AvgIpc) is 3.70. The Bertz CT molecular complexity index is 2500. The SMILES string of the molecule is COc1ccc2c(c1)C(C)(C)CC21CC(C)(C)c2cc(Oc3ccc4c(c3)C(=O)N(c3cccc(N5C(=O)c6ccc(C)cc6C5=O)c3)C4=O)ccc21. The van der Waals surface area contributed by atoms with E-state index in [0.717, 1.165) is 34.0 Å². The van der Waals surface area contributed by atoms with Crippen molar-refractivity contribution in [1.82, 2.24) is 0 Å². The van der Waals surface area contributed by atoms with E-state index in [2.05, 4.69) is 58.0 Å². The van der Waals surface area contributed by atoms with Crippen LogP contribution in [0, 0.1) is 6.92 Å². The first-order valence-electron chi connectivity index (χ1n) is 17.9. The Labute approximate surface area is 308 Å². The van der Waals surface area contributed by atoms with Crippen molar-refractivity contribution in [3.05, 3.63) is 147 Å². The number of anilines is 2. The number of benzene rings is 5. The largest absolute Gasteiger partial charge is 0.497 e. The number of carbonyl (C=O) groups is 4. The van der Waals surface area contributed by atoms with Gasteiger partial charge in [-0.05, 0) is 126 Å². The first kappa shape index (κ1) is 32.9. The maximum absolute atomic E-state index is 13.9. The molecule has 8 heteroatoms. The smallest absolute Gasteiger partial charge is 0.266 e. The summed E-state index contributed by atoms with van der Waals surface area (Å²) in [6.07, 6.45) is 1.97. The van der Waals surface area contributed by atoms with Crippen LogP contribution in [-0.2, 0) is 16.2 Å². The van der Waals surface area contributed by atoms with E-state index >= 15 is 0 Å². The van der Waals surface area contributed by atoms with Gasteiger partial charge in [0, 0.05) is 5.41 Å². The van der Waals surface area contributed by atoms with Gasteiger partial charge in [-0.25, -0.2) is 9.80 Å². The summed E-state index contributed by atoms with van der Waals surface area (Å²) in [5.41, 5.74) is 7.50. The van der Waals surface area contributed by atoms with Crippen LogP contribution in [0.1, 0.15) is 110 Å². The number of amides is 4. The second-order valence-corrected chi connectivity index (χ2v) is 16.1. The Balaban J connectivity index is 0.998. The second-order valence-electron chi connectivity index (χ2n) is 16.1. The van der Waals surface area contributed by atoms with Crippen molar-refractivity contribution >= 4 is 35.0 Å². The highest BCUT2D eigenvalue weighted by Gasteiger charge is 2.56. The Kier molecular flexibility index (Phi) is 6.82. The standard InChI is InChI=1S/C45H38N2O6/c1-25-10-14-31-33(18-25)41(50)46(39(31)48)26-8-7-9-27(19-26)47-40(49)32-15-11-29(20-34(32)42(47)51)53-30-13-17-36-38(22-30)44(4,5)24-45(36)23-43(2,3)37-21-28(52-6)12-16-35(37)45/h7-22H,23-24H2,1-6H3. The molecule has 1 spiro atoms. The maximum atomic E-state index is 13.9. The van der Waals surface area contributed by atoms with Crippen molar-refractivity contribution in [2.45, 2.75) is 63.7 Å². The fourth-order valence-corrected chi connectivity index (χ4v) is 9.49. The van der Waals surface area contributed by atoms with Gasteiger partial charge in [0.25, 0.3) is 23.6 Å². The molecule has 0 saturated heterocycles. The summed E-state index contributed by atoms with van der Waals surface area (Å²) in [6.45, 7) is 11.1. The molecule has 5 aromatic rings. The number of hydrogen-bond donors (Lipinski definition) is 0. The lowest BCUT2D eigenvalue weighted by Crippen LogP contribution is -2.31. The monoisotopic (exact) mass is 702 g/mol. The molecule has 8 nitrogen and oxygen atoms in total. The maximum Gasteiger partial charge on any atom is 0.266 e. The molecule has 9 rings (SSSR count). The van der Waals surface area contributed by atoms with Gasteiger partial charge in [-0.15, -0.1) is 0 Å². The summed E-state index contributed by atoms with van der Waals surface area (Å²) >= 11 is 0. The van der Waals surface area contributed by atoms with Gasteiger partial charge in [-0.3, -0.25) is 19.2 Å². The average molecular weight is 703 g/mol. The van der Waals surface area contributed by atoms with E-state index in [1.54, 1.807) is 61.7 Å². The zero-order valence-electron chi connectivity index (χ0n) is 30.5. The van der Waals surface area contributed by atoms with Crippen LogP contribution in [0.5, 0.6) is 17.2 Å². The van der Waals surface area contributed by atoms with E-state index in [1.807, 2.05) is 13.0 Å². The second kappa shape index (κ2) is 11.0. The third-order valence-corrected chi connectivity index (χ3v) is 11.7. The minimum atomic E-state index is -0.512. The molecular weight excluding hydrogens is 665 g/mol. The van der Waals surface area contributed by atoms with Crippen LogP contribution in [0.2, 0.25) is 0 Å². The van der Waals surface area contributed by atoms with Gasteiger partial charge in [-0.1, -0.05) is 57.5 Å². The third kappa shape index (κ3) is 4.67. The summed E-state index contributed by atoms with van der Waals surface area (Å²) in [5, 5.41) is 0. The molecule has 4 aliphatic rings. The zero-order valence-corrected chi connectivity index (χ0v) is 30.5. The van der Waals surface area contributed by atoms with E-state index in [0.29, 0.717) is 22.6 Å². The molecule has 5 aromatic carbocycles. The number of hydrogen-bond acceptors (Lipinski definition) is 6. The Morgan fingerprint density at radius 1 is 0.509 bits per heavy atom. The third-order valence-electron chi connectivity index (χ3n) is 11.7. The van der Waals surface area contributed by atoms with Crippen LogP contribution in [0.15, 0.2) is 97.1 Å². The van der Waals surface area contributed by atoms with Crippen LogP contribution in [0.25, 0.3) is 0 Å². The molecule has 2 aliphatic carbocycles. The molecule has 0 N–H and O–H groups in total. The highest BCUT2D eigenvalue weighted by atomic mass is 16.5. The fraction of sp³-hybridized carbons (Fsp3) is 0.244. The molecule has 0 radical (unpaired) electrons. The van der Waals surface area contributed by atoms with Crippen LogP contribution < -0.4 is 19.3 Å². The van der Waals surface area contributed by atoms with E-state index in [9.17, 15) is 19.2 Å². The van der Waals surface area contributed by atoms with Gasteiger partial charge in [0.1, 0.15) is 17.2 Å². The normalized spacial score (nSPS) is 20.2. The predicted octanol–water partition coefficient (Wildman–Crippen LogP) is 9.05. The molecule has 1 atom stereocenters. The summed E-state index contributed by atoms with van der Waals surface area (Å²) in [5.74, 6) is 0.0602. The molecule has 0 aromatic heterocycles. The highest BCUT2D eigenvalue weighted by Crippen LogP contribution is 2.63. The van der Waals surface area contributed by atoms with E-state index < -0.39 is 23.6 Å². The first-order chi connectivity index (χ1) is 25.2. The van der Waals surface area contributed by atoms with Crippen LogP contribution >= 0.6 is 0 Å². The lowest BCUT2D eigenvalue weighted by molar-refractivity contribution is 0.0912. The van der Waals surface area contributed by atoms with Crippen LogP contribution in [-0.4, -0.2) is 30.7 Å². The predicted molar refractivity (Wildman–Crippen MR) is 202 cm³/mol. The molecular formula is C45H38N2O6. The van der Waals surface area contributed by atoms with Crippen molar-refractivity contribution < 1.29 is 28.7 Å². The number of imide groups is 2. The summed E-state index contributed by atoms with van der Waals surface area (Å²) in [6, 6.07) is 29.2. The Morgan fingerprint density at radius 2 is 0.981 bits per heavy atom. The van der Waals surface area contributed by atoms with Crippen molar-refractivity contribution in [2.75, 3.05) is 16.9 Å². The van der Waals surface area contributed by atoms with Crippen LogP contribution in [0.4, 0.5) is 11.4 Å². The molecule has 264 valence electrons. The molecule has 2 heterocycles. The number of rotatable bonds is 5. The lowest BCUT2D eigenvalue weighted by Gasteiger charge is -2.30. The van der Waals surface area contributed by atoms with E-state index in [-0.39, 0.29) is 38.7 Å². The molecule has 0 bridgehead atoms. The van der Waals surface area contributed by atoms with Gasteiger partial charge in [-0.2, -0.15) is 0 Å². The number of methoxy groups -OCH3 is 1. The number of fused-ring (bicyclic) bond motifs is 6. The Morgan fingerprint density at radius 3 is 1.57 bits per heavy atom. The number of carbonyl (C=O) groups excluding carboxylic acids is 4. The summed E-state index contributed by atoms with van der Waals surface area (Å²) in [7, 11) is 1.71. The van der Waals surface area contributed by atoms with Gasteiger partial charge in [0.05, 0.1) is 40.7 Å². The topological polar surface area (TPSA) is 93.2 Å².